The summed E-state index contributed by atoms with van der Waals surface area (Å²) < 4.78 is 10.4. The first kappa shape index (κ1) is 20.9. The van der Waals surface area contributed by atoms with Crippen LogP contribution in [0.1, 0.15) is 56.7 Å². The maximum absolute atomic E-state index is 12.7. The van der Waals surface area contributed by atoms with Crippen molar-refractivity contribution in [3.05, 3.63) is 39.2 Å². The first-order chi connectivity index (χ1) is 14.0. The van der Waals surface area contributed by atoms with Crippen LogP contribution in [0.25, 0.3) is 11.0 Å². The van der Waals surface area contributed by atoms with Crippen molar-refractivity contribution in [1.29, 1.82) is 0 Å². The van der Waals surface area contributed by atoms with Crippen LogP contribution < -0.4 is 5.63 Å². The van der Waals surface area contributed by atoms with E-state index in [1.807, 2.05) is 6.92 Å². The van der Waals surface area contributed by atoms with Crippen LogP contribution in [0, 0.1) is 17.8 Å². The summed E-state index contributed by atoms with van der Waals surface area (Å²) in [6, 6.07) is 3.86. The molecule has 1 saturated heterocycles. The number of fused-ring (bicyclic) bond motifs is 3. The standard InChI is InChI=1S/C24H31NO5/c1-14-16-6-7-19(26)18(21(16)30-22(28)17(14)8-20(27)29-5)11-25-13-24(4)10-15(25)9-23(2,3)12-24/h6-7,15,26H,8-13H2,1-5H3/t15-,24-/m0/s1. The Bertz CT molecular complexity index is 1070. The number of hydrogen-bond acceptors (Lipinski definition) is 6. The van der Waals surface area contributed by atoms with Crippen LogP contribution in [0.15, 0.2) is 21.3 Å². The summed E-state index contributed by atoms with van der Waals surface area (Å²) in [5.74, 6) is -0.347. The number of aryl methyl sites for hydroxylation is 1. The largest absolute Gasteiger partial charge is 0.507 e. The van der Waals surface area contributed by atoms with E-state index in [-0.39, 0.29) is 17.6 Å². The average molecular weight is 414 g/mol. The quantitative estimate of drug-likeness (QED) is 0.604. The molecule has 1 aromatic carbocycles. The molecule has 2 heterocycles. The topological polar surface area (TPSA) is 80.0 Å². The van der Waals surface area contributed by atoms with E-state index in [4.69, 9.17) is 9.15 Å². The Hall–Kier alpha value is -2.34. The summed E-state index contributed by atoms with van der Waals surface area (Å²) in [4.78, 5) is 26.8. The molecule has 0 radical (unpaired) electrons. The van der Waals surface area contributed by atoms with E-state index >= 15 is 0 Å². The SMILES string of the molecule is COC(=O)Cc1c(C)c2ccc(O)c(CN3C[C@@]4(C)C[C@@H]3CC(C)(C)C4)c2oc1=O. The van der Waals surface area contributed by atoms with E-state index in [1.165, 1.54) is 13.5 Å². The number of carbonyl (C=O) groups is 1. The van der Waals surface area contributed by atoms with Gasteiger partial charge < -0.3 is 14.3 Å². The second-order valence-electron chi connectivity index (χ2n) is 10.3. The number of hydrogen-bond donors (Lipinski definition) is 1. The molecule has 2 aromatic rings. The van der Waals surface area contributed by atoms with Crippen LogP contribution in [0.4, 0.5) is 0 Å². The predicted molar refractivity (Wildman–Crippen MR) is 115 cm³/mol. The molecule has 0 unspecified atom stereocenters. The number of likely N-dealkylation sites (tertiary alicyclic amines) is 1. The van der Waals surface area contributed by atoms with Crippen molar-refractivity contribution in [2.75, 3.05) is 13.7 Å². The molecule has 6 heteroatoms. The van der Waals surface area contributed by atoms with Crippen LogP contribution in [-0.2, 0) is 22.5 Å². The zero-order valence-electron chi connectivity index (χ0n) is 18.5. The highest BCUT2D eigenvalue weighted by Gasteiger charge is 2.49. The van der Waals surface area contributed by atoms with Crippen LogP contribution in [0.5, 0.6) is 5.75 Å². The number of methoxy groups -OCH3 is 1. The van der Waals surface area contributed by atoms with Crippen molar-refractivity contribution >= 4 is 16.9 Å². The molecule has 2 fully saturated rings. The van der Waals surface area contributed by atoms with Gasteiger partial charge in [0.05, 0.1) is 24.7 Å². The van der Waals surface area contributed by atoms with Crippen molar-refractivity contribution in [1.82, 2.24) is 4.90 Å². The normalized spacial score (nSPS) is 25.6. The smallest absolute Gasteiger partial charge is 0.340 e. The minimum absolute atomic E-state index is 0.127. The summed E-state index contributed by atoms with van der Waals surface area (Å²) in [5.41, 5.74) is 2.09. The maximum atomic E-state index is 12.7. The Morgan fingerprint density at radius 1 is 1.27 bits per heavy atom. The van der Waals surface area contributed by atoms with Crippen molar-refractivity contribution in [2.24, 2.45) is 10.8 Å². The summed E-state index contributed by atoms with van der Waals surface area (Å²) in [6.07, 6.45) is 3.35. The van der Waals surface area contributed by atoms with Gasteiger partial charge in [-0.1, -0.05) is 20.8 Å². The van der Waals surface area contributed by atoms with Gasteiger partial charge in [0.15, 0.2) is 0 Å². The maximum Gasteiger partial charge on any atom is 0.340 e. The van der Waals surface area contributed by atoms with E-state index in [0.717, 1.165) is 24.8 Å². The molecule has 1 aliphatic carbocycles. The van der Waals surface area contributed by atoms with E-state index < -0.39 is 11.6 Å². The minimum Gasteiger partial charge on any atom is -0.507 e. The molecule has 2 aliphatic rings. The fraction of sp³-hybridized carbons (Fsp3) is 0.583. The number of aromatic hydroxyl groups is 1. The lowest BCUT2D eigenvalue weighted by molar-refractivity contribution is -0.139. The summed E-state index contributed by atoms with van der Waals surface area (Å²) in [7, 11) is 1.30. The van der Waals surface area contributed by atoms with Crippen LogP contribution in [-0.4, -0.2) is 35.7 Å². The number of ether oxygens (including phenoxy) is 1. The van der Waals surface area contributed by atoms with Gasteiger partial charge in [-0.15, -0.1) is 0 Å². The molecule has 4 rings (SSSR count). The van der Waals surface area contributed by atoms with Gasteiger partial charge in [0.2, 0.25) is 0 Å². The average Bonchev–Trinajstić information content (AvgIpc) is 2.88. The first-order valence-corrected chi connectivity index (χ1v) is 10.6. The monoisotopic (exact) mass is 413 g/mol. The molecule has 1 N–H and O–H groups in total. The highest BCUT2D eigenvalue weighted by atomic mass is 16.5. The highest BCUT2D eigenvalue weighted by molar-refractivity contribution is 5.87. The Kier molecular flexibility index (Phi) is 4.96. The number of benzene rings is 1. The molecule has 2 bridgehead atoms. The minimum atomic E-state index is -0.550. The van der Waals surface area contributed by atoms with E-state index in [9.17, 15) is 14.7 Å². The zero-order valence-corrected chi connectivity index (χ0v) is 18.5. The Morgan fingerprint density at radius 2 is 2.00 bits per heavy atom. The van der Waals surface area contributed by atoms with Crippen LogP contribution in [0.2, 0.25) is 0 Å². The van der Waals surface area contributed by atoms with Crippen molar-refractivity contribution in [2.45, 2.75) is 66.0 Å². The van der Waals surface area contributed by atoms with Gasteiger partial charge in [0, 0.05) is 24.5 Å². The molecule has 0 amide bonds. The molecule has 0 spiro atoms. The molecule has 1 aromatic heterocycles. The van der Waals surface area contributed by atoms with Gasteiger partial charge in [0.1, 0.15) is 11.3 Å². The predicted octanol–water partition coefficient (Wildman–Crippen LogP) is 3.92. The second kappa shape index (κ2) is 7.12. The molecule has 6 nitrogen and oxygen atoms in total. The van der Waals surface area contributed by atoms with Gasteiger partial charge in [0.25, 0.3) is 0 Å². The molecule has 30 heavy (non-hydrogen) atoms. The number of phenols is 1. The lowest BCUT2D eigenvalue weighted by Gasteiger charge is -2.40. The summed E-state index contributed by atoms with van der Waals surface area (Å²) in [6.45, 7) is 10.3. The molecular formula is C24H31NO5. The van der Waals surface area contributed by atoms with Crippen molar-refractivity contribution in [3.8, 4) is 5.75 Å². The van der Waals surface area contributed by atoms with Gasteiger partial charge in [-0.2, -0.15) is 0 Å². The third-order valence-corrected chi connectivity index (χ3v) is 6.97. The summed E-state index contributed by atoms with van der Waals surface area (Å²) >= 11 is 0. The van der Waals surface area contributed by atoms with Crippen molar-refractivity contribution in [3.63, 3.8) is 0 Å². The van der Waals surface area contributed by atoms with E-state index in [0.29, 0.717) is 40.3 Å². The third-order valence-electron chi connectivity index (χ3n) is 6.97. The zero-order chi connectivity index (χ0) is 21.8. The second-order valence-corrected chi connectivity index (χ2v) is 10.3. The van der Waals surface area contributed by atoms with Gasteiger partial charge in [-0.05, 0) is 54.7 Å². The lowest BCUT2D eigenvalue weighted by Crippen LogP contribution is -2.34. The van der Waals surface area contributed by atoms with Crippen LogP contribution in [0.3, 0.4) is 0 Å². The Balaban J connectivity index is 1.74. The number of carbonyl (C=O) groups excluding carboxylic acids is 1. The molecule has 2 atom stereocenters. The Labute approximate surface area is 176 Å². The van der Waals surface area contributed by atoms with E-state index in [1.54, 1.807) is 12.1 Å². The highest BCUT2D eigenvalue weighted by Crippen LogP contribution is 2.53. The lowest BCUT2D eigenvalue weighted by atomic mass is 9.65. The molecule has 1 saturated carbocycles. The van der Waals surface area contributed by atoms with Gasteiger partial charge in [-0.3, -0.25) is 9.69 Å². The number of nitrogens with zero attached hydrogens (tertiary/aromatic N) is 1. The van der Waals surface area contributed by atoms with Crippen LogP contribution >= 0.6 is 0 Å². The van der Waals surface area contributed by atoms with Crippen molar-refractivity contribution < 1.29 is 19.1 Å². The fourth-order valence-corrected chi connectivity index (χ4v) is 6.04. The van der Waals surface area contributed by atoms with Gasteiger partial charge >= 0.3 is 11.6 Å². The fourth-order valence-electron chi connectivity index (χ4n) is 6.04. The Morgan fingerprint density at radius 3 is 2.70 bits per heavy atom. The first-order valence-electron chi connectivity index (χ1n) is 10.6. The van der Waals surface area contributed by atoms with Gasteiger partial charge in [-0.25, -0.2) is 4.79 Å². The summed E-state index contributed by atoms with van der Waals surface area (Å²) in [5, 5.41) is 11.4. The molecular weight excluding hydrogens is 382 g/mol. The number of phenolic OH excluding ortho intramolecular Hbond substituents is 1. The molecule has 1 aliphatic heterocycles. The number of rotatable bonds is 4. The van der Waals surface area contributed by atoms with E-state index in [2.05, 4.69) is 25.7 Å². The molecule has 162 valence electrons. The third kappa shape index (κ3) is 3.62. The number of esters is 1.